The van der Waals surface area contributed by atoms with Crippen molar-refractivity contribution in [3.05, 3.63) is 66.0 Å². The highest BCUT2D eigenvalue weighted by Gasteiger charge is 2.21. The van der Waals surface area contributed by atoms with Gasteiger partial charge in [-0.2, -0.15) is 5.10 Å². The molecule has 154 valence electrons. The molecule has 0 saturated carbocycles. The molecule has 0 fully saturated rings. The highest BCUT2D eigenvalue weighted by atomic mass is 32.2. The van der Waals surface area contributed by atoms with Gasteiger partial charge in [0, 0.05) is 12.2 Å². The van der Waals surface area contributed by atoms with Crippen molar-refractivity contribution < 1.29 is 16.8 Å². The summed E-state index contributed by atoms with van der Waals surface area (Å²) < 4.78 is 57.0. The van der Waals surface area contributed by atoms with Gasteiger partial charge in [-0.1, -0.05) is 18.2 Å². The van der Waals surface area contributed by atoms with E-state index in [1.165, 1.54) is 30.5 Å². The first-order valence-electron chi connectivity index (χ1n) is 8.88. The highest BCUT2D eigenvalue weighted by molar-refractivity contribution is 7.93. The number of sulfonamides is 2. The van der Waals surface area contributed by atoms with Gasteiger partial charge in [-0.3, -0.25) is 14.1 Å². The number of aromatic nitrogens is 2. The SMILES string of the molecule is CCn1ncc(S(=O)(=O)Nc2ccc(S(=O)(=O)Nc3ccccc3C)cc2)c1C. The van der Waals surface area contributed by atoms with E-state index in [1.54, 1.807) is 36.7 Å². The van der Waals surface area contributed by atoms with Crippen LogP contribution in [-0.2, 0) is 26.6 Å². The Kier molecular flexibility index (Phi) is 5.67. The molecule has 0 atom stereocenters. The van der Waals surface area contributed by atoms with Gasteiger partial charge in [-0.05, 0) is 56.7 Å². The second kappa shape index (κ2) is 7.88. The summed E-state index contributed by atoms with van der Waals surface area (Å²) in [7, 11) is -7.63. The third kappa shape index (κ3) is 4.43. The molecule has 0 spiro atoms. The molecule has 0 amide bonds. The molecule has 0 aliphatic heterocycles. The van der Waals surface area contributed by atoms with Crippen LogP contribution in [0, 0.1) is 13.8 Å². The zero-order valence-corrected chi connectivity index (χ0v) is 17.9. The molecule has 29 heavy (non-hydrogen) atoms. The fraction of sp³-hybridized carbons (Fsp3) is 0.211. The molecule has 10 heteroatoms. The van der Waals surface area contributed by atoms with Gasteiger partial charge < -0.3 is 0 Å². The maximum atomic E-state index is 12.6. The van der Waals surface area contributed by atoms with Crippen LogP contribution in [0.15, 0.2) is 64.5 Å². The Morgan fingerprint density at radius 1 is 0.897 bits per heavy atom. The molecule has 1 heterocycles. The van der Waals surface area contributed by atoms with E-state index in [0.29, 0.717) is 17.9 Å². The van der Waals surface area contributed by atoms with Gasteiger partial charge in [-0.15, -0.1) is 0 Å². The summed E-state index contributed by atoms with van der Waals surface area (Å²) in [6.07, 6.45) is 1.30. The summed E-state index contributed by atoms with van der Waals surface area (Å²) >= 11 is 0. The van der Waals surface area contributed by atoms with Crippen molar-refractivity contribution in [1.29, 1.82) is 0 Å². The van der Waals surface area contributed by atoms with Gasteiger partial charge in [0.15, 0.2) is 0 Å². The topological polar surface area (TPSA) is 110 Å². The molecule has 0 bridgehead atoms. The van der Waals surface area contributed by atoms with E-state index in [-0.39, 0.29) is 15.5 Å². The van der Waals surface area contributed by atoms with Gasteiger partial charge >= 0.3 is 0 Å². The van der Waals surface area contributed by atoms with Gasteiger partial charge in [0.25, 0.3) is 20.0 Å². The molecular weight excluding hydrogens is 412 g/mol. The minimum absolute atomic E-state index is 0.0266. The number of rotatable bonds is 7. The first-order valence-corrected chi connectivity index (χ1v) is 11.8. The van der Waals surface area contributed by atoms with Crippen molar-refractivity contribution in [2.45, 2.75) is 37.1 Å². The lowest BCUT2D eigenvalue weighted by Crippen LogP contribution is -2.15. The third-order valence-corrected chi connectivity index (χ3v) is 7.32. The first-order chi connectivity index (χ1) is 13.6. The van der Waals surface area contributed by atoms with Crippen molar-refractivity contribution in [2.24, 2.45) is 0 Å². The molecule has 2 N–H and O–H groups in total. The van der Waals surface area contributed by atoms with Crippen LogP contribution >= 0.6 is 0 Å². The molecule has 0 aliphatic rings. The maximum Gasteiger partial charge on any atom is 0.265 e. The van der Waals surface area contributed by atoms with Crippen molar-refractivity contribution >= 4 is 31.4 Å². The Morgan fingerprint density at radius 3 is 2.14 bits per heavy atom. The molecule has 3 rings (SSSR count). The van der Waals surface area contributed by atoms with Crippen molar-refractivity contribution in [1.82, 2.24) is 9.78 Å². The van der Waals surface area contributed by atoms with Crippen molar-refractivity contribution in [2.75, 3.05) is 9.44 Å². The van der Waals surface area contributed by atoms with Crippen LogP contribution in [0.25, 0.3) is 0 Å². The number of aryl methyl sites for hydroxylation is 2. The fourth-order valence-corrected chi connectivity index (χ4v) is 5.18. The second-order valence-electron chi connectivity index (χ2n) is 6.46. The number of anilines is 2. The van der Waals surface area contributed by atoms with Crippen LogP contribution in [0.2, 0.25) is 0 Å². The number of benzene rings is 2. The molecule has 1 aromatic heterocycles. The summed E-state index contributed by atoms with van der Waals surface area (Å²) in [4.78, 5) is 0.107. The Hall–Kier alpha value is -2.85. The number of nitrogens with one attached hydrogen (secondary N) is 2. The van der Waals surface area contributed by atoms with Gasteiger partial charge in [-0.25, -0.2) is 16.8 Å². The van der Waals surface area contributed by atoms with E-state index in [4.69, 9.17) is 0 Å². The number of para-hydroxylation sites is 1. The third-order valence-electron chi connectivity index (χ3n) is 4.45. The van der Waals surface area contributed by atoms with Gasteiger partial charge in [0.2, 0.25) is 0 Å². The average molecular weight is 435 g/mol. The zero-order valence-electron chi connectivity index (χ0n) is 16.2. The van der Waals surface area contributed by atoms with Crippen LogP contribution in [-0.4, -0.2) is 26.6 Å². The molecule has 8 nitrogen and oxygen atoms in total. The standard InChI is InChI=1S/C19H22N4O4S2/c1-4-23-15(3)19(13-20-23)29(26,27)21-16-9-11-17(12-10-16)28(24,25)22-18-8-6-5-7-14(18)2/h5-13,21-22H,4H2,1-3H3. The molecule has 0 radical (unpaired) electrons. The predicted octanol–water partition coefficient (Wildman–Crippen LogP) is 3.12. The lowest BCUT2D eigenvalue weighted by atomic mass is 10.2. The van der Waals surface area contributed by atoms with Crippen LogP contribution in [0.5, 0.6) is 0 Å². The Balaban J connectivity index is 1.81. The lowest BCUT2D eigenvalue weighted by Gasteiger charge is -2.12. The number of nitrogens with zero attached hydrogens (tertiary/aromatic N) is 2. The van der Waals surface area contributed by atoms with Gasteiger partial charge in [0.1, 0.15) is 4.90 Å². The summed E-state index contributed by atoms with van der Waals surface area (Å²) in [5.41, 5.74) is 2.06. The van der Waals surface area contributed by atoms with E-state index >= 15 is 0 Å². The minimum Gasteiger partial charge on any atom is -0.280 e. The van der Waals surface area contributed by atoms with E-state index in [9.17, 15) is 16.8 Å². The highest BCUT2D eigenvalue weighted by Crippen LogP contribution is 2.23. The monoisotopic (exact) mass is 434 g/mol. The molecule has 0 aliphatic carbocycles. The Labute approximate surface area is 170 Å². The Bertz CT molecular complexity index is 1230. The largest absolute Gasteiger partial charge is 0.280 e. The van der Waals surface area contributed by atoms with Crippen molar-refractivity contribution in [3.63, 3.8) is 0 Å². The Morgan fingerprint density at radius 2 is 1.55 bits per heavy atom. The fourth-order valence-electron chi connectivity index (χ4n) is 2.82. The van der Waals surface area contributed by atoms with Crippen LogP contribution in [0.1, 0.15) is 18.2 Å². The summed E-state index contributed by atoms with van der Waals surface area (Å²) in [5.74, 6) is 0. The van der Waals surface area contributed by atoms with E-state index in [0.717, 1.165) is 5.56 Å². The summed E-state index contributed by atoms with van der Waals surface area (Å²) in [6, 6.07) is 12.5. The number of hydrogen-bond acceptors (Lipinski definition) is 5. The quantitative estimate of drug-likeness (QED) is 0.594. The summed E-state index contributed by atoms with van der Waals surface area (Å²) in [5, 5.41) is 4.05. The smallest absolute Gasteiger partial charge is 0.265 e. The van der Waals surface area contributed by atoms with Crippen LogP contribution in [0.3, 0.4) is 0 Å². The average Bonchev–Trinajstić information content (AvgIpc) is 3.05. The molecule has 0 unspecified atom stereocenters. The van der Waals surface area contributed by atoms with E-state index in [2.05, 4.69) is 14.5 Å². The lowest BCUT2D eigenvalue weighted by molar-refractivity contribution is 0.598. The maximum absolute atomic E-state index is 12.6. The van der Waals surface area contributed by atoms with Gasteiger partial charge in [0.05, 0.1) is 22.5 Å². The van der Waals surface area contributed by atoms with E-state index < -0.39 is 20.0 Å². The normalized spacial score (nSPS) is 12.0. The summed E-state index contributed by atoms with van der Waals surface area (Å²) in [6.45, 7) is 5.91. The number of hydrogen-bond donors (Lipinski definition) is 2. The molecular formula is C19H22N4O4S2. The molecule has 3 aromatic rings. The minimum atomic E-state index is -3.83. The molecule has 2 aromatic carbocycles. The van der Waals surface area contributed by atoms with E-state index in [1.807, 2.05) is 13.0 Å². The predicted molar refractivity (Wildman–Crippen MR) is 112 cm³/mol. The van der Waals surface area contributed by atoms with Crippen LogP contribution < -0.4 is 9.44 Å². The first kappa shape index (κ1) is 20.9. The zero-order chi connectivity index (χ0) is 21.2. The van der Waals surface area contributed by atoms with Crippen LogP contribution in [0.4, 0.5) is 11.4 Å². The van der Waals surface area contributed by atoms with Crippen molar-refractivity contribution in [3.8, 4) is 0 Å². The second-order valence-corrected chi connectivity index (χ2v) is 9.79. The molecule has 0 saturated heterocycles.